The second-order valence-electron chi connectivity index (χ2n) is 15.6. The number of rotatable bonds is 16. The predicted molar refractivity (Wildman–Crippen MR) is 192 cm³/mol. The molecule has 0 saturated carbocycles. The van der Waals surface area contributed by atoms with E-state index in [4.69, 9.17) is 9.47 Å². The molecule has 1 aromatic rings. The second kappa shape index (κ2) is 15.5. The van der Waals surface area contributed by atoms with Gasteiger partial charge in [-0.15, -0.1) is 13.2 Å². The number of esters is 1. The van der Waals surface area contributed by atoms with Crippen LogP contribution in [0.15, 0.2) is 55.6 Å². The van der Waals surface area contributed by atoms with Crippen LogP contribution in [0.3, 0.4) is 0 Å². The van der Waals surface area contributed by atoms with Crippen LogP contribution < -0.4 is 5.32 Å². The highest BCUT2D eigenvalue weighted by atomic mass is 79.9. The molecule has 3 aliphatic heterocycles. The number of carbonyl (C=O) groups is 4. The van der Waals surface area contributed by atoms with Gasteiger partial charge in [0, 0.05) is 23.3 Å². The minimum Gasteiger partial charge on any atom is -0.460 e. The number of likely N-dealkylation sites (tertiary alicyclic amines) is 1. The summed E-state index contributed by atoms with van der Waals surface area (Å²) in [6, 6.07) is 7.66. The quantitative estimate of drug-likeness (QED) is 0.144. The van der Waals surface area contributed by atoms with Gasteiger partial charge >= 0.3 is 5.97 Å². The average molecular weight is 745 g/mol. The number of amides is 3. The number of aliphatic hydroxyl groups excluding tert-OH is 1. The molecule has 3 saturated heterocycles. The van der Waals surface area contributed by atoms with Crippen LogP contribution >= 0.6 is 15.9 Å². The predicted octanol–water partition coefficient (Wildman–Crippen LogP) is 4.58. The number of ether oxygens (including phenoxy) is 2. The van der Waals surface area contributed by atoms with Crippen molar-refractivity contribution in [3.8, 4) is 0 Å². The number of benzene rings is 1. The molecular formula is C38H54BrN3O7. The lowest BCUT2D eigenvalue weighted by Crippen LogP contribution is -2.63. The third-order valence-electron chi connectivity index (χ3n) is 9.90. The fourth-order valence-corrected chi connectivity index (χ4v) is 9.29. The maximum Gasteiger partial charge on any atom is 0.312 e. The summed E-state index contributed by atoms with van der Waals surface area (Å²) in [5.74, 6) is -3.49. The first-order valence-corrected chi connectivity index (χ1v) is 18.2. The summed E-state index contributed by atoms with van der Waals surface area (Å²) in [5.41, 5.74) is -1.18. The maximum atomic E-state index is 15.2. The van der Waals surface area contributed by atoms with Gasteiger partial charge in [-0.05, 0) is 57.4 Å². The highest BCUT2D eigenvalue weighted by molar-refractivity contribution is 9.09. The molecule has 3 aliphatic rings. The third-order valence-corrected chi connectivity index (χ3v) is 10.7. The molecule has 49 heavy (non-hydrogen) atoms. The van der Waals surface area contributed by atoms with Crippen LogP contribution in [0, 0.1) is 17.3 Å². The molecule has 4 rings (SSSR count). The summed E-state index contributed by atoms with van der Waals surface area (Å²) in [7, 11) is 0. The number of halogens is 1. The summed E-state index contributed by atoms with van der Waals surface area (Å²) in [4.78, 5) is 59.1. The van der Waals surface area contributed by atoms with Crippen molar-refractivity contribution in [2.24, 2.45) is 17.3 Å². The Hall–Kier alpha value is -3.02. The molecule has 1 unspecified atom stereocenters. The van der Waals surface area contributed by atoms with Gasteiger partial charge in [0.25, 0.3) is 0 Å². The molecular weight excluding hydrogens is 690 g/mol. The number of nitrogens with zero attached hydrogens (tertiary/aromatic N) is 2. The summed E-state index contributed by atoms with van der Waals surface area (Å²) in [6.45, 7) is 19.6. The lowest BCUT2D eigenvalue weighted by molar-refractivity contribution is -0.160. The number of hydrogen-bond acceptors (Lipinski definition) is 7. The van der Waals surface area contributed by atoms with Crippen molar-refractivity contribution in [2.75, 3.05) is 19.7 Å². The normalized spacial score (nSPS) is 27.3. The zero-order valence-electron chi connectivity index (χ0n) is 29.8. The Kier molecular flexibility index (Phi) is 12.2. The zero-order chi connectivity index (χ0) is 36.3. The first-order valence-electron chi connectivity index (χ1n) is 17.3. The Bertz CT molecular complexity index is 1400. The molecule has 0 aromatic heterocycles. The van der Waals surface area contributed by atoms with E-state index in [0.29, 0.717) is 25.7 Å². The third kappa shape index (κ3) is 8.15. The Morgan fingerprint density at radius 3 is 2.45 bits per heavy atom. The number of nitrogens with one attached hydrogen (secondary N) is 1. The van der Waals surface area contributed by atoms with E-state index in [1.165, 1.54) is 4.90 Å². The maximum absolute atomic E-state index is 15.2. The summed E-state index contributed by atoms with van der Waals surface area (Å²) < 4.78 is 12.6. The molecule has 0 aliphatic carbocycles. The van der Waals surface area contributed by atoms with E-state index < -0.39 is 59.1 Å². The van der Waals surface area contributed by atoms with Gasteiger partial charge in [-0.3, -0.25) is 19.2 Å². The Balaban J connectivity index is 1.74. The van der Waals surface area contributed by atoms with E-state index in [1.54, 1.807) is 24.0 Å². The number of allylic oxidation sites excluding steroid dienone is 1. The van der Waals surface area contributed by atoms with E-state index in [1.807, 2.05) is 44.2 Å². The van der Waals surface area contributed by atoms with Gasteiger partial charge in [-0.2, -0.15) is 0 Å². The molecule has 0 radical (unpaired) electrons. The number of carbonyl (C=O) groups excluding carboxylic acids is 4. The Labute approximate surface area is 299 Å². The molecule has 2 N–H and O–H groups in total. The van der Waals surface area contributed by atoms with Crippen LogP contribution in [0.4, 0.5) is 0 Å². The number of hydrogen-bond donors (Lipinski definition) is 2. The summed E-state index contributed by atoms with van der Waals surface area (Å²) in [6.07, 6.45) is 4.09. The van der Waals surface area contributed by atoms with Crippen molar-refractivity contribution in [1.29, 1.82) is 0 Å². The van der Waals surface area contributed by atoms with E-state index >= 15 is 4.79 Å². The van der Waals surface area contributed by atoms with Gasteiger partial charge in [0.15, 0.2) is 0 Å². The van der Waals surface area contributed by atoms with Gasteiger partial charge in [-0.1, -0.05) is 79.2 Å². The van der Waals surface area contributed by atoms with Crippen molar-refractivity contribution >= 4 is 39.6 Å². The van der Waals surface area contributed by atoms with E-state index in [0.717, 1.165) is 5.56 Å². The van der Waals surface area contributed by atoms with Crippen LogP contribution in [-0.2, 0) is 35.1 Å². The van der Waals surface area contributed by atoms with Gasteiger partial charge in [-0.25, -0.2) is 0 Å². The molecule has 8 atom stereocenters. The monoisotopic (exact) mass is 743 g/mol. The Morgan fingerprint density at radius 2 is 1.86 bits per heavy atom. The van der Waals surface area contributed by atoms with Crippen LogP contribution in [0.1, 0.15) is 72.8 Å². The van der Waals surface area contributed by atoms with E-state index in [9.17, 15) is 19.5 Å². The van der Waals surface area contributed by atoms with E-state index in [2.05, 4.69) is 55.2 Å². The van der Waals surface area contributed by atoms with Crippen LogP contribution in [0.25, 0.3) is 0 Å². The molecule has 3 amide bonds. The first kappa shape index (κ1) is 38.8. The molecule has 1 spiro atoms. The SMILES string of the molecule is C=CCCC(=O)NC[C@H](C)OC(=O)[C@@H]1[C@H]2O[C@@]3(CC2Br)[C@H](C(=O)N(CC=C)C(C)(C)CC(C)(C)C)N([C@@H](CO)Cc2ccccc2)C(=O)[C@@H]13. The summed E-state index contributed by atoms with van der Waals surface area (Å²) >= 11 is 3.73. The smallest absolute Gasteiger partial charge is 0.312 e. The molecule has 3 heterocycles. The van der Waals surface area contributed by atoms with Gasteiger partial charge in [0.05, 0.1) is 37.1 Å². The van der Waals surface area contributed by atoms with Gasteiger partial charge in [0.2, 0.25) is 17.7 Å². The molecule has 2 bridgehead atoms. The van der Waals surface area contributed by atoms with Gasteiger partial charge < -0.3 is 29.7 Å². The number of alkyl halides is 1. The number of aliphatic hydroxyl groups is 1. The Morgan fingerprint density at radius 1 is 1.18 bits per heavy atom. The second-order valence-corrected chi connectivity index (χ2v) is 16.8. The fourth-order valence-electron chi connectivity index (χ4n) is 8.35. The molecule has 11 heteroatoms. The van der Waals surface area contributed by atoms with Crippen LogP contribution in [0.5, 0.6) is 0 Å². The molecule has 270 valence electrons. The number of fused-ring (bicyclic) bond motifs is 1. The molecule has 1 aromatic carbocycles. The van der Waals surface area contributed by atoms with Crippen molar-refractivity contribution in [3.05, 3.63) is 61.2 Å². The van der Waals surface area contributed by atoms with Crippen molar-refractivity contribution < 1.29 is 33.8 Å². The highest BCUT2D eigenvalue weighted by Crippen LogP contribution is 2.61. The lowest BCUT2D eigenvalue weighted by Gasteiger charge is -2.46. The highest BCUT2D eigenvalue weighted by Gasteiger charge is 2.77. The lowest BCUT2D eigenvalue weighted by atomic mass is 9.70. The minimum atomic E-state index is -1.33. The molecule has 3 fully saturated rings. The minimum absolute atomic E-state index is 0.109. The van der Waals surface area contributed by atoms with Crippen molar-refractivity contribution in [1.82, 2.24) is 15.1 Å². The van der Waals surface area contributed by atoms with E-state index in [-0.39, 0.29) is 48.2 Å². The zero-order valence-corrected chi connectivity index (χ0v) is 31.4. The van der Waals surface area contributed by atoms with Crippen LogP contribution in [0.2, 0.25) is 0 Å². The largest absolute Gasteiger partial charge is 0.460 e. The average Bonchev–Trinajstić information content (AvgIpc) is 3.62. The summed E-state index contributed by atoms with van der Waals surface area (Å²) in [5, 5.41) is 13.6. The topological polar surface area (TPSA) is 125 Å². The molecule has 10 nitrogen and oxygen atoms in total. The van der Waals surface area contributed by atoms with Crippen molar-refractivity contribution in [2.45, 2.75) is 114 Å². The van der Waals surface area contributed by atoms with Crippen LogP contribution in [-0.4, -0.2) is 98.6 Å². The standard InChI is InChI=1S/C38H54BrN3O7/c1-9-11-17-28(44)40-21-24(3)48-35(47)29-30-33(45)42(26(22-43)19-25-15-13-12-14-16-25)32(38(30)20-27(39)31(29)49-38)34(46)41(18-10-2)37(7,8)23-36(4,5)6/h9-10,12-16,24,26-27,29-32,43H,1-2,11,17-23H2,3-8H3,(H,40,44)/t24-,26+,27?,29-,30+,31-,32-,38+/m0/s1. The van der Waals surface area contributed by atoms with Crippen molar-refractivity contribution in [3.63, 3.8) is 0 Å². The first-order chi connectivity index (χ1) is 23.0. The fraction of sp³-hybridized carbons (Fsp3) is 0.632. The van der Waals surface area contributed by atoms with Gasteiger partial charge in [0.1, 0.15) is 17.7 Å².